The molecule has 0 atom stereocenters. The zero-order chi connectivity index (χ0) is 18.1. The Bertz CT molecular complexity index is 968. The van der Waals surface area contributed by atoms with Gasteiger partial charge in [-0.15, -0.1) is 0 Å². The molecule has 1 aliphatic rings. The van der Waals surface area contributed by atoms with E-state index in [4.69, 9.17) is 14.2 Å². The average Bonchev–Trinajstić information content (AvgIpc) is 3.26. The molecule has 3 aromatic rings. The maximum Gasteiger partial charge on any atom is 0.343 e. The second-order valence-electron chi connectivity index (χ2n) is 6.66. The topological polar surface area (TPSA) is 65.0 Å². The Labute approximate surface area is 174 Å². The van der Waals surface area contributed by atoms with E-state index < -0.39 is 5.97 Å². The van der Waals surface area contributed by atoms with E-state index in [2.05, 4.69) is 19.1 Å². The molecule has 27 heavy (non-hydrogen) atoms. The normalized spacial score (nSPS) is 12.3. The van der Waals surface area contributed by atoms with Crippen molar-refractivity contribution in [2.75, 3.05) is 27.4 Å². The molecule has 0 bridgehead atoms. The molecule has 0 saturated carbocycles. The zero-order valence-electron chi connectivity index (χ0n) is 15.2. The van der Waals surface area contributed by atoms with Gasteiger partial charge < -0.3 is 48.1 Å². The van der Waals surface area contributed by atoms with E-state index in [-0.39, 0.29) is 30.8 Å². The summed E-state index contributed by atoms with van der Waals surface area (Å²) in [5.74, 6) is 1.35. The molecule has 0 unspecified atom stereocenters. The van der Waals surface area contributed by atoms with Crippen LogP contribution < -0.4 is 43.1 Å². The fourth-order valence-corrected chi connectivity index (χ4v) is 3.07. The lowest BCUT2D eigenvalue weighted by Crippen LogP contribution is -3.05. The second-order valence-corrected chi connectivity index (χ2v) is 6.66. The maximum atomic E-state index is 12.6. The van der Waals surface area contributed by atoms with Gasteiger partial charge in [0.25, 0.3) is 0 Å². The molecule has 2 aromatic carbocycles. The number of carbonyl (C=O) groups excluding carboxylic acids is 1. The first kappa shape index (κ1) is 19.5. The first-order valence-electron chi connectivity index (χ1n) is 8.61. The number of ether oxygens (including phenoxy) is 3. The molecule has 0 fully saturated rings. The van der Waals surface area contributed by atoms with E-state index in [0.717, 1.165) is 29.4 Å². The number of hydrogen-bond donors (Lipinski definition) is 2. The Kier molecular flexibility index (Phi) is 5.91. The molecule has 2 heterocycles. The van der Waals surface area contributed by atoms with Crippen LogP contribution in [0.15, 0.2) is 42.6 Å². The lowest BCUT2D eigenvalue weighted by molar-refractivity contribution is -0.858. The molecule has 0 saturated heterocycles. The van der Waals surface area contributed by atoms with E-state index in [1.54, 1.807) is 18.2 Å². The van der Waals surface area contributed by atoms with E-state index in [0.29, 0.717) is 22.8 Å². The summed E-state index contributed by atoms with van der Waals surface area (Å²) in [5, 5.41) is 0.961. The van der Waals surface area contributed by atoms with Gasteiger partial charge in [0.2, 0.25) is 6.79 Å². The van der Waals surface area contributed by atoms with Crippen LogP contribution in [0.5, 0.6) is 17.2 Å². The Morgan fingerprint density at radius 1 is 1.19 bits per heavy atom. The Hall–Kier alpha value is -2.26. The number of esters is 1. The summed E-state index contributed by atoms with van der Waals surface area (Å²) >= 11 is 0. The van der Waals surface area contributed by atoms with Crippen molar-refractivity contribution in [2.24, 2.45) is 0 Å². The minimum Gasteiger partial charge on any atom is -1.00 e. The lowest BCUT2D eigenvalue weighted by atomic mass is 10.1. The van der Waals surface area contributed by atoms with E-state index in [1.807, 2.05) is 24.4 Å². The van der Waals surface area contributed by atoms with Gasteiger partial charge >= 0.3 is 5.97 Å². The molecule has 4 rings (SSSR count). The van der Waals surface area contributed by atoms with Crippen molar-refractivity contribution >= 4 is 16.9 Å². The standard InChI is InChI=1S/C20H20N2O4.HI/c1-22(2)9-8-14-11-21-15-4-3-5-17(19(14)15)26-20(23)13-6-7-16-18(10-13)25-12-24-16;/h3-7,10-11,21H,8-9,12H2,1-2H3;1H. The predicted molar refractivity (Wildman–Crippen MR) is 97.2 cm³/mol. The van der Waals surface area contributed by atoms with E-state index in [1.165, 1.54) is 4.90 Å². The minimum atomic E-state index is -0.416. The van der Waals surface area contributed by atoms with Crippen LogP contribution in [0.4, 0.5) is 0 Å². The molecule has 6 nitrogen and oxygen atoms in total. The van der Waals surface area contributed by atoms with Crippen molar-refractivity contribution in [1.82, 2.24) is 4.98 Å². The Morgan fingerprint density at radius 3 is 2.81 bits per heavy atom. The number of nitrogens with one attached hydrogen (secondary N) is 2. The summed E-state index contributed by atoms with van der Waals surface area (Å²) < 4.78 is 16.3. The number of hydrogen-bond acceptors (Lipinski definition) is 4. The first-order chi connectivity index (χ1) is 12.6. The van der Waals surface area contributed by atoms with Crippen molar-refractivity contribution in [3.8, 4) is 17.2 Å². The second kappa shape index (κ2) is 8.18. The van der Waals surface area contributed by atoms with Crippen LogP contribution in [0.2, 0.25) is 0 Å². The molecule has 7 heteroatoms. The van der Waals surface area contributed by atoms with Crippen molar-refractivity contribution in [3.63, 3.8) is 0 Å². The zero-order valence-corrected chi connectivity index (χ0v) is 17.3. The largest absolute Gasteiger partial charge is 1.00 e. The van der Waals surface area contributed by atoms with Gasteiger partial charge in [-0.1, -0.05) is 6.07 Å². The van der Waals surface area contributed by atoms with Crippen LogP contribution in [-0.4, -0.2) is 38.4 Å². The summed E-state index contributed by atoms with van der Waals surface area (Å²) in [6, 6.07) is 10.7. The Morgan fingerprint density at radius 2 is 2.00 bits per heavy atom. The summed E-state index contributed by atoms with van der Waals surface area (Å²) in [4.78, 5) is 17.3. The van der Waals surface area contributed by atoms with Crippen molar-refractivity contribution in [1.29, 1.82) is 0 Å². The van der Waals surface area contributed by atoms with Gasteiger partial charge in [-0.05, 0) is 35.9 Å². The van der Waals surface area contributed by atoms with Crippen LogP contribution in [-0.2, 0) is 6.42 Å². The van der Waals surface area contributed by atoms with Gasteiger partial charge in [0, 0.05) is 23.5 Å². The van der Waals surface area contributed by atoms with Crippen LogP contribution in [0.1, 0.15) is 15.9 Å². The fraction of sp³-hybridized carbons (Fsp3) is 0.250. The van der Waals surface area contributed by atoms with Gasteiger partial charge in [0.15, 0.2) is 11.5 Å². The van der Waals surface area contributed by atoms with Crippen LogP contribution in [0.3, 0.4) is 0 Å². The molecule has 0 amide bonds. The highest BCUT2D eigenvalue weighted by molar-refractivity contribution is 5.96. The number of H-pyrrole nitrogens is 1. The summed E-state index contributed by atoms with van der Waals surface area (Å²) in [5.41, 5.74) is 2.54. The third-order valence-corrected chi connectivity index (χ3v) is 4.45. The van der Waals surface area contributed by atoms with E-state index in [9.17, 15) is 4.79 Å². The maximum absolute atomic E-state index is 12.6. The first-order valence-corrected chi connectivity index (χ1v) is 8.61. The molecule has 0 spiro atoms. The molecule has 1 aliphatic heterocycles. The van der Waals surface area contributed by atoms with Crippen molar-refractivity contribution in [3.05, 3.63) is 53.7 Å². The highest BCUT2D eigenvalue weighted by Crippen LogP contribution is 2.34. The molecular weight excluding hydrogens is 459 g/mol. The van der Waals surface area contributed by atoms with Crippen molar-refractivity contribution in [2.45, 2.75) is 6.42 Å². The number of quaternary nitrogens is 1. The fourth-order valence-electron chi connectivity index (χ4n) is 3.07. The quantitative estimate of drug-likeness (QED) is 0.274. The summed E-state index contributed by atoms with van der Waals surface area (Å²) in [6.07, 6.45) is 2.90. The molecule has 2 N–H and O–H groups in total. The minimum absolute atomic E-state index is 0. The highest BCUT2D eigenvalue weighted by atomic mass is 127. The third kappa shape index (κ3) is 4.03. The number of rotatable bonds is 5. The van der Waals surface area contributed by atoms with Gasteiger partial charge in [-0.3, -0.25) is 0 Å². The SMILES string of the molecule is C[NH+](C)CCc1c[nH]c2cccc(OC(=O)c3ccc4c(c3)OCO4)c12.[I-]. The third-order valence-electron chi connectivity index (χ3n) is 4.45. The predicted octanol–water partition coefficient (Wildman–Crippen LogP) is -1.19. The van der Waals surface area contributed by atoms with Gasteiger partial charge in [-0.2, -0.15) is 0 Å². The van der Waals surface area contributed by atoms with Crippen LogP contribution in [0, 0.1) is 0 Å². The number of aromatic amines is 1. The number of fused-ring (bicyclic) bond motifs is 2. The molecule has 142 valence electrons. The average molecular weight is 480 g/mol. The number of carbonyl (C=O) groups is 1. The number of likely N-dealkylation sites (N-methyl/N-ethyl adjacent to an activating group) is 1. The van der Waals surface area contributed by atoms with Gasteiger partial charge in [-0.25, -0.2) is 4.79 Å². The van der Waals surface area contributed by atoms with Gasteiger partial charge in [0.05, 0.1) is 26.2 Å². The van der Waals surface area contributed by atoms with Crippen LogP contribution >= 0.6 is 0 Å². The smallest absolute Gasteiger partial charge is 0.343 e. The molecule has 0 radical (unpaired) electrons. The lowest BCUT2D eigenvalue weighted by Gasteiger charge is -2.09. The van der Waals surface area contributed by atoms with E-state index >= 15 is 0 Å². The number of benzene rings is 2. The molecule has 1 aromatic heterocycles. The summed E-state index contributed by atoms with van der Waals surface area (Å²) in [7, 11) is 4.24. The van der Waals surface area contributed by atoms with Crippen molar-refractivity contribution < 1.29 is 47.9 Å². The van der Waals surface area contributed by atoms with Gasteiger partial charge in [0.1, 0.15) is 5.75 Å². The Balaban J connectivity index is 0.00000210. The summed E-state index contributed by atoms with van der Waals surface area (Å²) in [6.45, 7) is 1.17. The molecular formula is C20H21IN2O4. The number of aromatic nitrogens is 1. The van der Waals surface area contributed by atoms with Crippen LogP contribution in [0.25, 0.3) is 10.9 Å². The highest BCUT2D eigenvalue weighted by Gasteiger charge is 2.19. The molecule has 0 aliphatic carbocycles. The number of halogens is 1. The monoisotopic (exact) mass is 480 g/mol.